The summed E-state index contributed by atoms with van der Waals surface area (Å²) in [6.07, 6.45) is 4.15. The van der Waals surface area contributed by atoms with Crippen LogP contribution in [0.15, 0.2) is 64.0 Å². The Kier molecular flexibility index (Phi) is 3.98. The van der Waals surface area contributed by atoms with E-state index in [4.69, 9.17) is 4.42 Å². The number of hydrogen-bond donors (Lipinski definition) is 2. The summed E-state index contributed by atoms with van der Waals surface area (Å²) in [6.45, 7) is 0. The molecule has 1 aliphatic carbocycles. The number of H-pyrrole nitrogens is 1. The molecule has 126 valence electrons. The first-order chi connectivity index (χ1) is 12.2. The Bertz CT molecular complexity index is 957. The zero-order valence-electron chi connectivity index (χ0n) is 13.6. The molecule has 0 aliphatic heterocycles. The zero-order chi connectivity index (χ0) is 17.2. The number of furan rings is 1. The maximum absolute atomic E-state index is 12.5. The van der Waals surface area contributed by atoms with Crippen LogP contribution in [0.1, 0.15) is 27.9 Å². The molecule has 0 radical (unpaired) electrons. The van der Waals surface area contributed by atoms with Crippen LogP contribution in [0.2, 0.25) is 0 Å². The molecule has 1 aromatic carbocycles. The van der Waals surface area contributed by atoms with Gasteiger partial charge >= 0.3 is 0 Å². The molecule has 1 unspecified atom stereocenters. The average molecular weight is 334 g/mol. The van der Waals surface area contributed by atoms with Gasteiger partial charge in [0.2, 0.25) is 0 Å². The van der Waals surface area contributed by atoms with Crippen molar-refractivity contribution in [1.29, 1.82) is 0 Å². The lowest BCUT2D eigenvalue weighted by Crippen LogP contribution is -2.40. The van der Waals surface area contributed by atoms with Crippen LogP contribution in [0.25, 0.3) is 11.5 Å². The highest BCUT2D eigenvalue weighted by molar-refractivity contribution is 5.94. The maximum atomic E-state index is 12.5. The second-order valence-corrected chi connectivity index (χ2v) is 6.27. The molecule has 3 aromatic rings. The van der Waals surface area contributed by atoms with Crippen LogP contribution in [0, 0.1) is 0 Å². The fourth-order valence-corrected chi connectivity index (χ4v) is 3.31. The number of fused-ring (bicyclic) bond motifs is 1. The van der Waals surface area contributed by atoms with Gasteiger partial charge in [-0.25, -0.2) is 0 Å². The van der Waals surface area contributed by atoms with Crippen LogP contribution in [-0.4, -0.2) is 16.9 Å². The van der Waals surface area contributed by atoms with Gasteiger partial charge in [0, 0.05) is 6.04 Å². The largest absolute Gasteiger partial charge is 0.463 e. The number of pyridine rings is 1. The van der Waals surface area contributed by atoms with Gasteiger partial charge in [0.25, 0.3) is 11.5 Å². The molecule has 5 heteroatoms. The van der Waals surface area contributed by atoms with Gasteiger partial charge in [0.15, 0.2) is 0 Å². The third kappa shape index (κ3) is 3.13. The third-order valence-corrected chi connectivity index (χ3v) is 4.62. The van der Waals surface area contributed by atoms with Crippen LogP contribution in [0.3, 0.4) is 0 Å². The highest BCUT2D eigenvalue weighted by Crippen LogP contribution is 2.21. The molecule has 2 aromatic heterocycles. The lowest BCUT2D eigenvalue weighted by molar-refractivity contribution is 0.0932. The molecule has 0 saturated heterocycles. The number of aromatic nitrogens is 1. The summed E-state index contributed by atoms with van der Waals surface area (Å²) >= 11 is 0. The van der Waals surface area contributed by atoms with E-state index in [1.54, 1.807) is 24.3 Å². The number of hydrogen-bond acceptors (Lipinski definition) is 3. The monoisotopic (exact) mass is 334 g/mol. The molecule has 0 spiro atoms. The predicted molar refractivity (Wildman–Crippen MR) is 94.5 cm³/mol. The van der Waals surface area contributed by atoms with E-state index in [0.717, 1.165) is 19.3 Å². The van der Waals surface area contributed by atoms with Gasteiger partial charge in [-0.3, -0.25) is 9.59 Å². The van der Waals surface area contributed by atoms with Crippen LogP contribution >= 0.6 is 0 Å². The summed E-state index contributed by atoms with van der Waals surface area (Å²) in [4.78, 5) is 27.4. The summed E-state index contributed by atoms with van der Waals surface area (Å²) in [7, 11) is 0. The van der Waals surface area contributed by atoms with E-state index in [1.165, 1.54) is 17.4 Å². The van der Waals surface area contributed by atoms with Gasteiger partial charge in [-0.1, -0.05) is 24.3 Å². The van der Waals surface area contributed by atoms with E-state index in [-0.39, 0.29) is 17.5 Å². The molecule has 0 bridgehead atoms. The van der Waals surface area contributed by atoms with Gasteiger partial charge < -0.3 is 14.7 Å². The normalized spacial score (nSPS) is 16.2. The Morgan fingerprint density at radius 2 is 1.92 bits per heavy atom. The number of carbonyl (C=O) groups is 1. The number of aromatic amines is 1. The first kappa shape index (κ1) is 15.4. The molecule has 2 heterocycles. The summed E-state index contributed by atoms with van der Waals surface area (Å²) in [5, 5.41) is 2.99. The van der Waals surface area contributed by atoms with Crippen molar-refractivity contribution < 1.29 is 9.21 Å². The molecule has 2 N–H and O–H groups in total. The minimum absolute atomic E-state index is 0.0477. The highest BCUT2D eigenvalue weighted by Gasteiger charge is 2.21. The van der Waals surface area contributed by atoms with E-state index in [0.29, 0.717) is 11.5 Å². The second-order valence-electron chi connectivity index (χ2n) is 6.27. The molecular weight excluding hydrogens is 316 g/mol. The minimum Gasteiger partial charge on any atom is -0.463 e. The van der Waals surface area contributed by atoms with Crippen molar-refractivity contribution in [1.82, 2.24) is 10.3 Å². The van der Waals surface area contributed by atoms with E-state index in [2.05, 4.69) is 22.4 Å². The molecule has 0 fully saturated rings. The number of benzene rings is 1. The second kappa shape index (κ2) is 6.43. The van der Waals surface area contributed by atoms with Gasteiger partial charge in [-0.2, -0.15) is 0 Å². The standard InChI is InChI=1S/C20H18N2O3/c23-19(21-15-8-7-13-4-1-2-5-14(13)12-15)16-9-10-17(22-20(16)24)18-6-3-11-25-18/h1-6,9-11,15H,7-8,12H2,(H,21,23)(H,22,24). The third-order valence-electron chi connectivity index (χ3n) is 4.62. The van der Waals surface area contributed by atoms with Crippen LogP contribution in [0.4, 0.5) is 0 Å². The van der Waals surface area contributed by atoms with E-state index in [1.807, 2.05) is 12.1 Å². The highest BCUT2D eigenvalue weighted by atomic mass is 16.3. The SMILES string of the molecule is O=C(NC1CCc2ccccc2C1)c1ccc(-c2ccco2)[nH]c1=O. The lowest BCUT2D eigenvalue weighted by Gasteiger charge is -2.25. The average Bonchev–Trinajstić information content (AvgIpc) is 3.16. The molecule has 1 amide bonds. The Morgan fingerprint density at radius 1 is 1.08 bits per heavy atom. The Balaban J connectivity index is 1.49. The molecule has 0 saturated carbocycles. The molecule has 1 atom stereocenters. The first-order valence-corrected chi connectivity index (χ1v) is 8.35. The zero-order valence-corrected chi connectivity index (χ0v) is 13.6. The number of rotatable bonds is 3. The van der Waals surface area contributed by atoms with Crippen molar-refractivity contribution >= 4 is 5.91 Å². The van der Waals surface area contributed by atoms with E-state index < -0.39 is 5.56 Å². The van der Waals surface area contributed by atoms with Crippen molar-refractivity contribution in [2.75, 3.05) is 0 Å². The molecule has 1 aliphatic rings. The van der Waals surface area contributed by atoms with Crippen LogP contribution < -0.4 is 10.9 Å². The fourth-order valence-electron chi connectivity index (χ4n) is 3.31. The Hall–Kier alpha value is -3.08. The Morgan fingerprint density at radius 3 is 2.68 bits per heavy atom. The number of carbonyl (C=O) groups excluding carboxylic acids is 1. The minimum atomic E-state index is -0.414. The summed E-state index contributed by atoms with van der Waals surface area (Å²) in [5.41, 5.74) is 2.87. The molecule has 25 heavy (non-hydrogen) atoms. The van der Waals surface area contributed by atoms with Crippen LogP contribution in [0.5, 0.6) is 0 Å². The number of amides is 1. The topological polar surface area (TPSA) is 75.1 Å². The van der Waals surface area contributed by atoms with Gasteiger partial charge in [0.05, 0.1) is 12.0 Å². The van der Waals surface area contributed by atoms with E-state index in [9.17, 15) is 9.59 Å². The van der Waals surface area contributed by atoms with Crippen LogP contribution in [-0.2, 0) is 12.8 Å². The maximum Gasteiger partial charge on any atom is 0.261 e. The number of aryl methyl sites for hydroxylation is 1. The van der Waals surface area contributed by atoms with Crippen molar-refractivity contribution in [2.24, 2.45) is 0 Å². The smallest absolute Gasteiger partial charge is 0.261 e. The van der Waals surface area contributed by atoms with Crippen molar-refractivity contribution in [2.45, 2.75) is 25.3 Å². The summed E-state index contributed by atoms with van der Waals surface area (Å²) in [6, 6.07) is 15.1. The molecule has 5 nitrogen and oxygen atoms in total. The summed E-state index contributed by atoms with van der Waals surface area (Å²) < 4.78 is 5.26. The quantitative estimate of drug-likeness (QED) is 0.773. The van der Waals surface area contributed by atoms with Crippen molar-refractivity contribution in [3.8, 4) is 11.5 Å². The number of nitrogens with one attached hydrogen (secondary N) is 2. The van der Waals surface area contributed by atoms with Crippen molar-refractivity contribution in [3.05, 3.63) is 81.8 Å². The molecular formula is C20H18N2O3. The lowest BCUT2D eigenvalue weighted by atomic mass is 9.88. The molecule has 4 rings (SSSR count). The van der Waals surface area contributed by atoms with Gasteiger partial charge in [-0.05, 0) is 54.7 Å². The van der Waals surface area contributed by atoms with Gasteiger partial charge in [-0.15, -0.1) is 0 Å². The predicted octanol–water partition coefficient (Wildman–Crippen LogP) is 2.92. The van der Waals surface area contributed by atoms with Crippen molar-refractivity contribution in [3.63, 3.8) is 0 Å². The fraction of sp³-hybridized carbons (Fsp3) is 0.200. The van der Waals surface area contributed by atoms with E-state index >= 15 is 0 Å². The Labute approximate surface area is 144 Å². The first-order valence-electron chi connectivity index (χ1n) is 8.35. The van der Waals surface area contributed by atoms with Gasteiger partial charge in [0.1, 0.15) is 11.3 Å². The summed E-state index contributed by atoms with van der Waals surface area (Å²) in [5.74, 6) is 0.226.